The molecule has 2 fully saturated rings. The Balaban J connectivity index is 1.59. The number of carbonyl (C=O) groups excluding carboxylic acids is 1. The van der Waals surface area contributed by atoms with Gasteiger partial charge >= 0.3 is 6.09 Å². The highest BCUT2D eigenvalue weighted by atomic mass is 35.5. The molecule has 1 aromatic rings. The van der Waals surface area contributed by atoms with E-state index in [0.717, 1.165) is 0 Å². The van der Waals surface area contributed by atoms with Crippen molar-refractivity contribution in [1.29, 1.82) is 0 Å². The van der Waals surface area contributed by atoms with Gasteiger partial charge in [-0.1, -0.05) is 11.6 Å². The molecule has 3 rings (SSSR count). The maximum Gasteiger partial charge on any atom is 0.415 e. The highest BCUT2D eigenvalue weighted by molar-refractivity contribution is 6.50. The molecule has 1 atom stereocenters. The summed E-state index contributed by atoms with van der Waals surface area (Å²) in [5, 5.41) is 0.437. The molecule has 5 nitrogen and oxygen atoms in total. The minimum absolute atomic E-state index is 0.0847. The quantitative estimate of drug-likeness (QED) is 0.747. The number of morpholine rings is 1. The van der Waals surface area contributed by atoms with E-state index in [9.17, 15) is 4.79 Å². The smallest absolute Gasteiger partial charge is 0.415 e. The van der Waals surface area contributed by atoms with Crippen LogP contribution in [0, 0.1) is 5.92 Å². The standard InChI is InChI=1S/C15H16Cl3NO4/c16-12-2-1-11(23-14(20)19-3-5-21-6-4-19)7-13(12)22-9-10-8-15(10,17)18/h1-2,7,10H,3-6,8-9H2. The normalized spacial score (nSPS) is 22.6. The molecule has 23 heavy (non-hydrogen) atoms. The van der Waals surface area contributed by atoms with Crippen LogP contribution in [-0.4, -0.2) is 48.2 Å². The molecule has 1 amide bonds. The SMILES string of the molecule is O=C(Oc1ccc(Cl)c(OCC2CC2(Cl)Cl)c1)N1CCOCC1. The first-order valence-corrected chi connectivity index (χ1v) is 8.44. The van der Waals surface area contributed by atoms with Gasteiger partial charge in [0.15, 0.2) is 0 Å². The van der Waals surface area contributed by atoms with E-state index in [1.165, 1.54) is 0 Å². The first-order valence-electron chi connectivity index (χ1n) is 7.30. The van der Waals surface area contributed by atoms with Crippen LogP contribution in [0.5, 0.6) is 11.5 Å². The fourth-order valence-corrected chi connectivity index (χ4v) is 2.88. The maximum absolute atomic E-state index is 12.1. The second-order valence-electron chi connectivity index (χ2n) is 5.53. The Hall–Kier alpha value is -0.880. The van der Waals surface area contributed by atoms with Crippen LogP contribution in [0.2, 0.25) is 5.02 Å². The molecule has 8 heteroatoms. The van der Waals surface area contributed by atoms with Gasteiger partial charge in [0.05, 0.1) is 24.8 Å². The largest absolute Gasteiger partial charge is 0.491 e. The van der Waals surface area contributed by atoms with Gasteiger partial charge in [-0.25, -0.2) is 4.79 Å². The summed E-state index contributed by atoms with van der Waals surface area (Å²) in [7, 11) is 0. The van der Waals surface area contributed by atoms with E-state index in [1.54, 1.807) is 23.1 Å². The second kappa shape index (κ2) is 6.93. The molecule has 0 aromatic heterocycles. The Kier molecular flexibility index (Phi) is 5.11. The summed E-state index contributed by atoms with van der Waals surface area (Å²) in [5.74, 6) is 0.899. The summed E-state index contributed by atoms with van der Waals surface area (Å²) < 4.78 is 15.5. The Morgan fingerprint density at radius 3 is 2.70 bits per heavy atom. The summed E-state index contributed by atoms with van der Waals surface area (Å²) in [6.07, 6.45) is 0.281. The Morgan fingerprint density at radius 1 is 1.35 bits per heavy atom. The van der Waals surface area contributed by atoms with Crippen LogP contribution in [0.25, 0.3) is 0 Å². The van der Waals surface area contributed by atoms with Crippen molar-refractivity contribution < 1.29 is 19.0 Å². The lowest BCUT2D eigenvalue weighted by molar-refractivity contribution is 0.0415. The van der Waals surface area contributed by atoms with Crippen molar-refractivity contribution in [1.82, 2.24) is 4.90 Å². The average molecular weight is 381 g/mol. The molecular formula is C15H16Cl3NO4. The van der Waals surface area contributed by atoms with E-state index in [4.69, 9.17) is 49.0 Å². The molecule has 1 aromatic carbocycles. The van der Waals surface area contributed by atoms with Crippen molar-refractivity contribution in [2.24, 2.45) is 5.92 Å². The van der Waals surface area contributed by atoms with Crippen LogP contribution in [0.4, 0.5) is 4.79 Å². The number of alkyl halides is 2. The van der Waals surface area contributed by atoms with Gasteiger partial charge in [0.25, 0.3) is 0 Å². The number of benzene rings is 1. The number of nitrogens with zero attached hydrogens (tertiary/aromatic N) is 1. The number of hydrogen-bond donors (Lipinski definition) is 0. The predicted molar refractivity (Wildman–Crippen MR) is 87.9 cm³/mol. The Labute approximate surface area is 149 Å². The summed E-state index contributed by atoms with van der Waals surface area (Å²) in [4.78, 5) is 13.7. The minimum Gasteiger partial charge on any atom is -0.491 e. The third-order valence-corrected chi connectivity index (χ3v) is 5.01. The van der Waals surface area contributed by atoms with Crippen molar-refractivity contribution >= 4 is 40.9 Å². The first-order chi connectivity index (χ1) is 11.0. The number of ether oxygens (including phenoxy) is 3. The summed E-state index contributed by atoms with van der Waals surface area (Å²) in [6.45, 7) is 2.44. The number of hydrogen-bond acceptors (Lipinski definition) is 4. The lowest BCUT2D eigenvalue weighted by Gasteiger charge is -2.25. The molecule has 126 valence electrons. The highest BCUT2D eigenvalue weighted by Crippen LogP contribution is 2.53. The minimum atomic E-state index is -0.702. The molecule has 0 spiro atoms. The molecule has 1 saturated heterocycles. The van der Waals surface area contributed by atoms with E-state index >= 15 is 0 Å². The molecule has 1 saturated carbocycles. The molecule has 0 radical (unpaired) electrons. The van der Waals surface area contributed by atoms with Crippen LogP contribution in [0.3, 0.4) is 0 Å². The van der Waals surface area contributed by atoms with Crippen LogP contribution in [0.1, 0.15) is 6.42 Å². The lowest BCUT2D eigenvalue weighted by Crippen LogP contribution is -2.42. The van der Waals surface area contributed by atoms with Gasteiger partial charge in [0.2, 0.25) is 0 Å². The average Bonchev–Trinajstić information content (AvgIpc) is 3.15. The Bertz CT molecular complexity index is 590. The number of rotatable bonds is 4. The second-order valence-corrected chi connectivity index (χ2v) is 7.48. The zero-order valence-electron chi connectivity index (χ0n) is 12.3. The van der Waals surface area contributed by atoms with E-state index in [2.05, 4.69) is 0 Å². The molecule has 1 aliphatic heterocycles. The third kappa shape index (κ3) is 4.35. The van der Waals surface area contributed by atoms with Gasteiger partial charge in [-0.3, -0.25) is 0 Å². The van der Waals surface area contributed by atoms with Crippen molar-refractivity contribution in [3.8, 4) is 11.5 Å². The van der Waals surface area contributed by atoms with E-state index in [-0.39, 0.29) is 5.92 Å². The van der Waals surface area contributed by atoms with Gasteiger partial charge in [0, 0.05) is 25.1 Å². The fraction of sp³-hybridized carbons (Fsp3) is 0.533. The number of amides is 1. The molecule has 0 bridgehead atoms. The lowest BCUT2D eigenvalue weighted by atomic mass is 10.3. The monoisotopic (exact) mass is 379 g/mol. The van der Waals surface area contributed by atoms with Crippen LogP contribution in [0.15, 0.2) is 18.2 Å². The first kappa shape index (κ1) is 17.0. The van der Waals surface area contributed by atoms with E-state index in [1.807, 2.05) is 0 Å². The zero-order valence-corrected chi connectivity index (χ0v) is 14.5. The number of halogens is 3. The molecule has 1 unspecified atom stereocenters. The fourth-order valence-electron chi connectivity index (χ4n) is 2.21. The predicted octanol–water partition coefficient (Wildman–Crippen LogP) is 3.74. The van der Waals surface area contributed by atoms with Crippen LogP contribution < -0.4 is 9.47 Å². The van der Waals surface area contributed by atoms with Gasteiger partial charge in [0.1, 0.15) is 15.8 Å². The topological polar surface area (TPSA) is 48.0 Å². The molecule has 1 heterocycles. The van der Waals surface area contributed by atoms with Crippen molar-refractivity contribution in [3.05, 3.63) is 23.2 Å². The summed E-state index contributed by atoms with van der Waals surface area (Å²) in [5.41, 5.74) is 0. The van der Waals surface area contributed by atoms with Gasteiger partial charge in [-0.05, 0) is 18.6 Å². The van der Waals surface area contributed by atoms with Gasteiger partial charge < -0.3 is 19.1 Å². The molecule has 1 aliphatic carbocycles. The summed E-state index contributed by atoms with van der Waals surface area (Å²) in [6, 6.07) is 4.84. The number of carbonyl (C=O) groups is 1. The molecule has 2 aliphatic rings. The Morgan fingerprint density at radius 2 is 2.04 bits per heavy atom. The van der Waals surface area contributed by atoms with Crippen LogP contribution in [-0.2, 0) is 4.74 Å². The van der Waals surface area contributed by atoms with Crippen molar-refractivity contribution in [2.45, 2.75) is 10.8 Å². The maximum atomic E-state index is 12.1. The zero-order chi connectivity index (χ0) is 16.4. The van der Waals surface area contributed by atoms with Gasteiger partial charge in [-0.15, -0.1) is 23.2 Å². The van der Waals surface area contributed by atoms with E-state index < -0.39 is 10.4 Å². The molecule has 0 N–H and O–H groups in total. The third-order valence-electron chi connectivity index (χ3n) is 3.77. The molecular weight excluding hydrogens is 365 g/mol. The van der Waals surface area contributed by atoms with Crippen molar-refractivity contribution in [2.75, 3.05) is 32.9 Å². The van der Waals surface area contributed by atoms with Crippen LogP contribution >= 0.6 is 34.8 Å². The van der Waals surface area contributed by atoms with E-state index in [0.29, 0.717) is 55.9 Å². The van der Waals surface area contributed by atoms with Crippen molar-refractivity contribution in [3.63, 3.8) is 0 Å². The van der Waals surface area contributed by atoms with Gasteiger partial charge in [-0.2, -0.15) is 0 Å². The summed E-state index contributed by atoms with van der Waals surface area (Å²) >= 11 is 18.0. The highest BCUT2D eigenvalue weighted by Gasteiger charge is 2.52.